The number of nitrogens with one attached hydrogen (secondary N) is 3. The average Bonchev–Trinajstić information content (AvgIpc) is 2.88. The zero-order valence-electron chi connectivity index (χ0n) is 20.0. The van der Waals surface area contributed by atoms with Crippen molar-refractivity contribution >= 4 is 35.0 Å². The Morgan fingerprint density at radius 3 is 2.25 bits per heavy atom. The molecule has 36 heavy (non-hydrogen) atoms. The molecule has 1 atom stereocenters. The van der Waals surface area contributed by atoms with E-state index >= 15 is 0 Å². The van der Waals surface area contributed by atoms with Crippen LogP contribution in [0.4, 0.5) is 11.4 Å². The summed E-state index contributed by atoms with van der Waals surface area (Å²) in [4.78, 5) is 26.0. The van der Waals surface area contributed by atoms with E-state index in [2.05, 4.69) is 22.0 Å². The minimum absolute atomic E-state index is 0.113. The van der Waals surface area contributed by atoms with Crippen molar-refractivity contribution in [3.05, 3.63) is 118 Å². The number of rotatable bonds is 7. The number of carbonyl (C=O) groups is 2. The predicted octanol–water partition coefficient (Wildman–Crippen LogP) is 5.70. The molecule has 0 aromatic heterocycles. The highest BCUT2D eigenvalue weighted by Crippen LogP contribution is 2.40. The summed E-state index contributed by atoms with van der Waals surface area (Å²) < 4.78 is 0. The molecule has 0 radical (unpaired) electrons. The molecule has 4 rings (SSSR count). The SMILES string of the molecule is CC1=C(C(=O)Nc2ccccc2)[C@H](c2ccccc2)C(C#N)=C(SCC(=O)Nc2cccc(C)c2)N1. The quantitative estimate of drug-likeness (QED) is 0.392. The van der Waals surface area contributed by atoms with Crippen molar-refractivity contribution in [2.45, 2.75) is 19.8 Å². The van der Waals surface area contributed by atoms with Crippen molar-refractivity contribution in [2.75, 3.05) is 16.4 Å². The Balaban J connectivity index is 1.60. The number of para-hydroxylation sites is 1. The summed E-state index contributed by atoms with van der Waals surface area (Å²) in [7, 11) is 0. The molecule has 0 spiro atoms. The van der Waals surface area contributed by atoms with Crippen LogP contribution in [-0.2, 0) is 9.59 Å². The van der Waals surface area contributed by atoms with Gasteiger partial charge in [0.05, 0.1) is 28.3 Å². The fraction of sp³-hybridized carbons (Fsp3) is 0.138. The van der Waals surface area contributed by atoms with Crippen molar-refractivity contribution < 1.29 is 9.59 Å². The van der Waals surface area contributed by atoms with Gasteiger partial charge in [0.1, 0.15) is 0 Å². The lowest BCUT2D eigenvalue weighted by molar-refractivity contribution is -0.114. The zero-order valence-corrected chi connectivity index (χ0v) is 20.9. The second kappa shape index (κ2) is 11.4. The Morgan fingerprint density at radius 2 is 1.58 bits per heavy atom. The van der Waals surface area contributed by atoms with Gasteiger partial charge in [0, 0.05) is 22.6 Å². The third kappa shape index (κ3) is 5.85. The topological polar surface area (TPSA) is 94.0 Å². The molecule has 0 unspecified atom stereocenters. The molecular weight excluding hydrogens is 468 g/mol. The number of hydrogen-bond donors (Lipinski definition) is 3. The van der Waals surface area contributed by atoms with Gasteiger partial charge in [0.25, 0.3) is 5.91 Å². The van der Waals surface area contributed by atoms with E-state index in [1.54, 1.807) is 0 Å². The van der Waals surface area contributed by atoms with Crippen LogP contribution in [0.1, 0.15) is 24.0 Å². The Hall–Kier alpha value is -4.28. The lowest BCUT2D eigenvalue weighted by Crippen LogP contribution is -2.31. The number of nitriles is 1. The highest BCUT2D eigenvalue weighted by atomic mass is 32.2. The number of carbonyl (C=O) groups excluding carboxylic acids is 2. The van der Waals surface area contributed by atoms with E-state index in [0.717, 1.165) is 16.8 Å². The summed E-state index contributed by atoms with van der Waals surface area (Å²) in [5, 5.41) is 19.8. The number of aryl methyl sites for hydroxylation is 1. The van der Waals surface area contributed by atoms with Gasteiger partial charge in [-0.1, -0.05) is 72.4 Å². The average molecular weight is 495 g/mol. The van der Waals surface area contributed by atoms with Crippen LogP contribution in [0.3, 0.4) is 0 Å². The third-order valence-corrected chi connectivity index (χ3v) is 6.72. The molecule has 3 aromatic carbocycles. The first-order chi connectivity index (χ1) is 17.5. The smallest absolute Gasteiger partial charge is 0.254 e. The first-order valence-electron chi connectivity index (χ1n) is 11.5. The van der Waals surface area contributed by atoms with Gasteiger partial charge in [-0.25, -0.2) is 0 Å². The summed E-state index contributed by atoms with van der Waals surface area (Å²) in [6.45, 7) is 3.78. The highest BCUT2D eigenvalue weighted by molar-refractivity contribution is 8.03. The van der Waals surface area contributed by atoms with Crippen LogP contribution in [0, 0.1) is 18.3 Å². The van der Waals surface area contributed by atoms with E-state index in [1.165, 1.54) is 11.8 Å². The van der Waals surface area contributed by atoms with E-state index < -0.39 is 5.92 Å². The van der Waals surface area contributed by atoms with Crippen molar-refractivity contribution in [3.63, 3.8) is 0 Å². The number of dihydropyridines is 1. The Labute approximate surface area is 215 Å². The molecular formula is C29H26N4O2S. The third-order valence-electron chi connectivity index (χ3n) is 5.71. The first-order valence-corrected chi connectivity index (χ1v) is 12.5. The van der Waals surface area contributed by atoms with Crippen LogP contribution in [0.15, 0.2) is 107 Å². The van der Waals surface area contributed by atoms with Gasteiger partial charge >= 0.3 is 0 Å². The summed E-state index contributed by atoms with van der Waals surface area (Å²) in [6, 6.07) is 28.6. The maximum Gasteiger partial charge on any atom is 0.254 e. The van der Waals surface area contributed by atoms with Gasteiger partial charge in [-0.2, -0.15) is 5.26 Å². The van der Waals surface area contributed by atoms with Crippen molar-refractivity contribution in [2.24, 2.45) is 0 Å². The van der Waals surface area contributed by atoms with E-state index in [4.69, 9.17) is 0 Å². The minimum Gasteiger partial charge on any atom is -0.353 e. The minimum atomic E-state index is -0.566. The van der Waals surface area contributed by atoms with Gasteiger partial charge in [0.2, 0.25) is 5.91 Å². The van der Waals surface area contributed by atoms with Crippen LogP contribution in [-0.4, -0.2) is 17.6 Å². The normalized spacial score (nSPS) is 15.1. The lowest BCUT2D eigenvalue weighted by Gasteiger charge is -2.29. The summed E-state index contributed by atoms with van der Waals surface area (Å²) in [5.74, 6) is -0.915. The summed E-state index contributed by atoms with van der Waals surface area (Å²) in [5.41, 5.74) is 4.79. The molecule has 1 heterocycles. The largest absolute Gasteiger partial charge is 0.353 e. The number of nitrogens with zero attached hydrogens (tertiary/aromatic N) is 1. The van der Waals surface area contributed by atoms with Crippen molar-refractivity contribution in [1.29, 1.82) is 5.26 Å². The van der Waals surface area contributed by atoms with Gasteiger partial charge in [-0.05, 0) is 49.2 Å². The molecule has 0 bridgehead atoms. The molecule has 6 nitrogen and oxygen atoms in total. The number of amides is 2. The second-order valence-electron chi connectivity index (χ2n) is 8.39. The molecule has 1 aliphatic rings. The van der Waals surface area contributed by atoms with Gasteiger partial charge in [0.15, 0.2) is 0 Å². The lowest BCUT2D eigenvalue weighted by atomic mass is 9.82. The van der Waals surface area contributed by atoms with Crippen molar-refractivity contribution in [3.8, 4) is 6.07 Å². The fourth-order valence-corrected chi connectivity index (χ4v) is 4.98. The second-order valence-corrected chi connectivity index (χ2v) is 9.37. The highest BCUT2D eigenvalue weighted by Gasteiger charge is 2.34. The standard InChI is InChI=1S/C29H26N4O2S/c1-19-10-9-15-23(16-19)32-25(34)18-36-29-24(17-30)27(21-11-5-3-6-12-21)26(20(2)31-29)28(35)33-22-13-7-4-8-14-22/h3-16,27,31H,18H2,1-2H3,(H,32,34)(H,33,35)/t27-/m1/s1. The molecule has 180 valence electrons. The maximum atomic E-state index is 13.4. The van der Waals surface area contributed by atoms with Crippen molar-refractivity contribution in [1.82, 2.24) is 5.32 Å². The molecule has 3 N–H and O–H groups in total. The van der Waals surface area contributed by atoms with E-state index in [1.807, 2.05) is 98.8 Å². The van der Waals surface area contributed by atoms with Crippen LogP contribution in [0.5, 0.6) is 0 Å². The first kappa shape index (κ1) is 24.8. The van der Waals surface area contributed by atoms with Crippen LogP contribution in [0.25, 0.3) is 0 Å². The maximum absolute atomic E-state index is 13.4. The van der Waals surface area contributed by atoms with Crippen LogP contribution < -0.4 is 16.0 Å². The Kier molecular flexibility index (Phi) is 7.89. The van der Waals surface area contributed by atoms with E-state index in [9.17, 15) is 14.9 Å². The molecule has 1 aliphatic heterocycles. The van der Waals surface area contributed by atoms with E-state index in [0.29, 0.717) is 27.6 Å². The number of anilines is 2. The molecule has 0 fully saturated rings. The van der Waals surface area contributed by atoms with Gasteiger partial charge in [-0.15, -0.1) is 0 Å². The number of hydrogen-bond acceptors (Lipinski definition) is 5. The molecule has 0 aliphatic carbocycles. The number of thioether (sulfide) groups is 1. The zero-order chi connectivity index (χ0) is 25.5. The summed E-state index contributed by atoms with van der Waals surface area (Å²) >= 11 is 1.25. The Bertz CT molecular complexity index is 1380. The predicted molar refractivity (Wildman–Crippen MR) is 145 cm³/mol. The molecule has 0 saturated carbocycles. The van der Waals surface area contributed by atoms with Crippen LogP contribution in [0.2, 0.25) is 0 Å². The molecule has 3 aromatic rings. The van der Waals surface area contributed by atoms with E-state index in [-0.39, 0.29) is 17.6 Å². The number of allylic oxidation sites excluding steroid dienone is 2. The molecule has 7 heteroatoms. The monoisotopic (exact) mass is 494 g/mol. The fourth-order valence-electron chi connectivity index (χ4n) is 4.08. The van der Waals surface area contributed by atoms with Gasteiger partial charge in [-0.3, -0.25) is 9.59 Å². The molecule has 0 saturated heterocycles. The number of benzene rings is 3. The van der Waals surface area contributed by atoms with Gasteiger partial charge < -0.3 is 16.0 Å². The molecule has 2 amide bonds. The van der Waals surface area contributed by atoms with Crippen LogP contribution >= 0.6 is 11.8 Å². The Morgan fingerprint density at radius 1 is 0.917 bits per heavy atom. The summed E-state index contributed by atoms with van der Waals surface area (Å²) in [6.07, 6.45) is 0.